The van der Waals surface area contributed by atoms with Gasteiger partial charge in [-0.2, -0.15) is 13.2 Å². The number of aromatic nitrogens is 1. The second-order valence-corrected chi connectivity index (χ2v) is 3.79. The Labute approximate surface area is 102 Å². The maximum absolute atomic E-state index is 13.2. The molecule has 2 nitrogen and oxygen atoms in total. The summed E-state index contributed by atoms with van der Waals surface area (Å²) >= 11 is 0. The SMILES string of the molecule is O[C@](c1ccccc1)(c1ccccn1)C(F)(F)F. The Morgan fingerprint density at radius 3 is 2.00 bits per heavy atom. The summed E-state index contributed by atoms with van der Waals surface area (Å²) in [5, 5.41) is 10.1. The van der Waals surface area contributed by atoms with Crippen LogP contribution in [-0.2, 0) is 5.60 Å². The van der Waals surface area contributed by atoms with Crippen LogP contribution in [0.3, 0.4) is 0 Å². The number of benzene rings is 1. The zero-order valence-electron chi connectivity index (χ0n) is 9.22. The molecule has 0 aliphatic carbocycles. The minimum Gasteiger partial charge on any atom is -0.371 e. The molecule has 0 unspecified atom stereocenters. The number of hydrogen-bond acceptors (Lipinski definition) is 2. The number of nitrogens with zero attached hydrogens (tertiary/aromatic N) is 1. The molecule has 0 amide bonds. The first-order valence-electron chi connectivity index (χ1n) is 5.22. The van der Waals surface area contributed by atoms with Crippen LogP contribution in [0.4, 0.5) is 13.2 Å². The Bertz CT molecular complexity index is 471. The normalized spacial score (nSPS) is 15.1. The molecule has 0 saturated carbocycles. The van der Waals surface area contributed by atoms with Crippen LogP contribution in [0.25, 0.3) is 0 Å². The van der Waals surface area contributed by atoms with Crippen LogP contribution in [0, 0.1) is 0 Å². The summed E-state index contributed by atoms with van der Waals surface area (Å²) < 4.78 is 39.6. The van der Waals surface area contributed by atoms with Gasteiger partial charge in [0.05, 0.1) is 5.69 Å². The smallest absolute Gasteiger partial charge is 0.371 e. The van der Waals surface area contributed by atoms with E-state index in [1.807, 2.05) is 0 Å². The fraction of sp³-hybridized carbons (Fsp3) is 0.154. The second kappa shape index (κ2) is 4.42. The fourth-order valence-corrected chi connectivity index (χ4v) is 1.71. The minimum absolute atomic E-state index is 0.254. The predicted molar refractivity (Wildman–Crippen MR) is 59.7 cm³/mol. The van der Waals surface area contributed by atoms with Gasteiger partial charge in [0.15, 0.2) is 0 Å². The molecule has 2 aromatic rings. The molecule has 1 aromatic carbocycles. The number of pyridine rings is 1. The van der Waals surface area contributed by atoms with E-state index in [4.69, 9.17) is 0 Å². The van der Waals surface area contributed by atoms with Crippen LogP contribution in [0.2, 0.25) is 0 Å². The van der Waals surface area contributed by atoms with Gasteiger partial charge in [0, 0.05) is 6.20 Å². The number of rotatable bonds is 2. The molecule has 5 heteroatoms. The van der Waals surface area contributed by atoms with Crippen molar-refractivity contribution in [3.05, 3.63) is 66.0 Å². The van der Waals surface area contributed by atoms with Gasteiger partial charge >= 0.3 is 6.18 Å². The van der Waals surface area contributed by atoms with Gasteiger partial charge in [-0.1, -0.05) is 36.4 Å². The van der Waals surface area contributed by atoms with Gasteiger partial charge in [-0.15, -0.1) is 0 Å². The van der Waals surface area contributed by atoms with Gasteiger partial charge in [-0.3, -0.25) is 4.98 Å². The molecule has 0 radical (unpaired) electrons. The van der Waals surface area contributed by atoms with Crippen molar-refractivity contribution >= 4 is 0 Å². The summed E-state index contributed by atoms with van der Waals surface area (Å²) in [4.78, 5) is 3.62. The van der Waals surface area contributed by atoms with Gasteiger partial charge in [0.1, 0.15) is 0 Å². The quantitative estimate of drug-likeness (QED) is 0.892. The monoisotopic (exact) mass is 253 g/mol. The Kier molecular flexibility index (Phi) is 3.09. The van der Waals surface area contributed by atoms with Crippen molar-refractivity contribution in [3.63, 3.8) is 0 Å². The summed E-state index contributed by atoms with van der Waals surface area (Å²) in [7, 11) is 0. The van der Waals surface area contributed by atoms with E-state index in [0.29, 0.717) is 0 Å². The van der Waals surface area contributed by atoms with Crippen molar-refractivity contribution in [2.24, 2.45) is 0 Å². The van der Waals surface area contributed by atoms with Gasteiger partial charge in [-0.05, 0) is 17.7 Å². The van der Waals surface area contributed by atoms with E-state index < -0.39 is 17.5 Å². The number of alkyl halides is 3. The Morgan fingerprint density at radius 1 is 0.889 bits per heavy atom. The molecule has 0 bridgehead atoms. The number of hydrogen-bond donors (Lipinski definition) is 1. The molecule has 2 rings (SSSR count). The van der Waals surface area contributed by atoms with E-state index in [1.54, 1.807) is 6.07 Å². The summed E-state index contributed by atoms with van der Waals surface area (Å²) in [6, 6.07) is 11.0. The number of halogens is 3. The number of aliphatic hydroxyl groups is 1. The van der Waals surface area contributed by atoms with Crippen molar-refractivity contribution in [2.75, 3.05) is 0 Å². The summed E-state index contributed by atoms with van der Waals surface area (Å²) in [6.45, 7) is 0. The predicted octanol–water partition coefficient (Wildman–Crippen LogP) is 2.88. The van der Waals surface area contributed by atoms with Crippen LogP contribution in [0.1, 0.15) is 11.3 Å². The van der Waals surface area contributed by atoms with Crippen molar-refractivity contribution < 1.29 is 18.3 Å². The van der Waals surface area contributed by atoms with Gasteiger partial charge in [-0.25, -0.2) is 0 Å². The first-order chi connectivity index (χ1) is 8.46. The minimum atomic E-state index is -4.84. The maximum Gasteiger partial charge on any atom is 0.427 e. The highest BCUT2D eigenvalue weighted by Gasteiger charge is 2.57. The van der Waals surface area contributed by atoms with Crippen LogP contribution < -0.4 is 0 Å². The standard InChI is InChI=1S/C13H10F3NO/c14-13(15,16)12(18,10-6-2-1-3-7-10)11-8-4-5-9-17-11/h1-9,18H/t12-/m1/s1. The van der Waals surface area contributed by atoms with Crippen molar-refractivity contribution in [3.8, 4) is 0 Å². The summed E-state index contributed by atoms with van der Waals surface area (Å²) in [5.41, 5.74) is -3.78. The molecular weight excluding hydrogens is 243 g/mol. The average Bonchev–Trinajstić information content (AvgIpc) is 2.38. The summed E-state index contributed by atoms with van der Waals surface area (Å²) in [6.07, 6.45) is -3.63. The third-order valence-corrected chi connectivity index (χ3v) is 2.64. The van der Waals surface area contributed by atoms with E-state index in [-0.39, 0.29) is 5.56 Å². The van der Waals surface area contributed by atoms with Crippen LogP contribution in [0.5, 0.6) is 0 Å². The lowest BCUT2D eigenvalue weighted by Gasteiger charge is -2.30. The lowest BCUT2D eigenvalue weighted by atomic mass is 9.89. The van der Waals surface area contributed by atoms with Crippen LogP contribution in [-0.4, -0.2) is 16.3 Å². The highest BCUT2D eigenvalue weighted by Crippen LogP contribution is 2.43. The topological polar surface area (TPSA) is 33.1 Å². The molecular formula is C13H10F3NO. The molecule has 0 aliphatic heterocycles. The molecule has 1 aromatic heterocycles. The Morgan fingerprint density at radius 2 is 1.50 bits per heavy atom. The van der Waals surface area contributed by atoms with Crippen LogP contribution >= 0.6 is 0 Å². The first-order valence-corrected chi connectivity index (χ1v) is 5.22. The van der Waals surface area contributed by atoms with E-state index in [2.05, 4.69) is 4.98 Å². The van der Waals surface area contributed by atoms with Crippen LogP contribution in [0.15, 0.2) is 54.7 Å². The Hall–Kier alpha value is -1.88. The molecule has 0 spiro atoms. The second-order valence-electron chi connectivity index (χ2n) is 3.79. The lowest BCUT2D eigenvalue weighted by molar-refractivity contribution is -0.249. The largest absolute Gasteiger partial charge is 0.427 e. The van der Waals surface area contributed by atoms with Crippen molar-refractivity contribution in [1.82, 2.24) is 4.98 Å². The molecule has 0 aliphatic rings. The van der Waals surface area contributed by atoms with E-state index in [1.165, 1.54) is 42.6 Å². The summed E-state index contributed by atoms with van der Waals surface area (Å²) in [5.74, 6) is 0. The average molecular weight is 253 g/mol. The zero-order chi connectivity index (χ0) is 13.2. The maximum atomic E-state index is 13.2. The van der Waals surface area contributed by atoms with Crippen molar-refractivity contribution in [1.29, 1.82) is 0 Å². The van der Waals surface area contributed by atoms with Gasteiger partial charge in [0.25, 0.3) is 0 Å². The van der Waals surface area contributed by atoms with Crippen molar-refractivity contribution in [2.45, 2.75) is 11.8 Å². The van der Waals surface area contributed by atoms with E-state index in [0.717, 1.165) is 6.07 Å². The van der Waals surface area contributed by atoms with E-state index in [9.17, 15) is 18.3 Å². The first kappa shape index (κ1) is 12.6. The zero-order valence-corrected chi connectivity index (χ0v) is 9.22. The van der Waals surface area contributed by atoms with E-state index >= 15 is 0 Å². The molecule has 1 atom stereocenters. The Balaban J connectivity index is 2.63. The molecule has 18 heavy (non-hydrogen) atoms. The third-order valence-electron chi connectivity index (χ3n) is 2.64. The lowest BCUT2D eigenvalue weighted by Crippen LogP contribution is -2.44. The molecule has 94 valence electrons. The molecule has 1 N–H and O–H groups in total. The van der Waals surface area contributed by atoms with Gasteiger partial charge < -0.3 is 5.11 Å². The molecule has 0 saturated heterocycles. The molecule has 0 fully saturated rings. The fourth-order valence-electron chi connectivity index (χ4n) is 1.71. The molecule has 1 heterocycles. The highest BCUT2D eigenvalue weighted by molar-refractivity contribution is 5.34. The van der Waals surface area contributed by atoms with Gasteiger partial charge in [0.2, 0.25) is 5.60 Å². The highest BCUT2D eigenvalue weighted by atomic mass is 19.4. The third kappa shape index (κ3) is 1.97.